The average molecular weight is 267 g/mol. The Morgan fingerprint density at radius 3 is 3.10 bits per heavy atom. The molecule has 0 bridgehead atoms. The number of hydrogen-bond donors (Lipinski definition) is 2. The molecule has 0 radical (unpaired) electrons. The fraction of sp³-hybridized carbons (Fsp3) is 0.250. The van der Waals surface area contributed by atoms with Gasteiger partial charge in [-0.1, -0.05) is 12.1 Å². The van der Waals surface area contributed by atoms with Crippen molar-refractivity contribution in [3.05, 3.63) is 65.0 Å². The van der Waals surface area contributed by atoms with E-state index in [1.165, 1.54) is 11.1 Å². The summed E-state index contributed by atoms with van der Waals surface area (Å²) < 4.78 is 0. The summed E-state index contributed by atoms with van der Waals surface area (Å²) in [6, 6.07) is 9.76. The maximum atomic E-state index is 12.2. The molecule has 0 saturated carbocycles. The Morgan fingerprint density at radius 2 is 2.25 bits per heavy atom. The van der Waals surface area contributed by atoms with Gasteiger partial charge in [0.2, 0.25) is 0 Å². The molecule has 3 rings (SSSR count). The molecule has 0 unspecified atom stereocenters. The van der Waals surface area contributed by atoms with Crippen LogP contribution in [0.5, 0.6) is 0 Å². The molecule has 0 aliphatic carbocycles. The molecule has 2 heterocycles. The van der Waals surface area contributed by atoms with Crippen LogP contribution in [0.25, 0.3) is 0 Å². The van der Waals surface area contributed by atoms with E-state index in [9.17, 15) is 4.79 Å². The van der Waals surface area contributed by atoms with Gasteiger partial charge in [-0.25, -0.2) is 0 Å². The zero-order chi connectivity index (χ0) is 13.8. The zero-order valence-electron chi connectivity index (χ0n) is 11.2. The van der Waals surface area contributed by atoms with Crippen LogP contribution in [0.15, 0.2) is 42.7 Å². The first-order valence-corrected chi connectivity index (χ1v) is 6.82. The third-order valence-corrected chi connectivity index (χ3v) is 3.53. The number of nitrogens with one attached hydrogen (secondary N) is 2. The number of amides is 1. The lowest BCUT2D eigenvalue weighted by atomic mass is 9.98. The van der Waals surface area contributed by atoms with Gasteiger partial charge < -0.3 is 10.6 Å². The second-order valence-electron chi connectivity index (χ2n) is 4.95. The van der Waals surface area contributed by atoms with E-state index < -0.39 is 0 Å². The minimum Gasteiger partial charge on any atom is -0.348 e. The highest BCUT2D eigenvalue weighted by atomic mass is 16.1. The summed E-state index contributed by atoms with van der Waals surface area (Å²) >= 11 is 0. The maximum Gasteiger partial charge on any atom is 0.251 e. The highest BCUT2D eigenvalue weighted by Crippen LogP contribution is 2.16. The van der Waals surface area contributed by atoms with Gasteiger partial charge in [-0.15, -0.1) is 0 Å². The second-order valence-corrected chi connectivity index (χ2v) is 4.95. The largest absolute Gasteiger partial charge is 0.348 e. The summed E-state index contributed by atoms with van der Waals surface area (Å²) in [5, 5.41) is 6.26. The highest BCUT2D eigenvalue weighted by molar-refractivity contribution is 5.94. The monoisotopic (exact) mass is 267 g/mol. The molecule has 1 aromatic carbocycles. The van der Waals surface area contributed by atoms with Crippen molar-refractivity contribution in [2.45, 2.75) is 19.5 Å². The predicted octanol–water partition coefficient (Wildman–Crippen LogP) is 1.66. The molecule has 0 atom stereocenters. The van der Waals surface area contributed by atoms with E-state index in [4.69, 9.17) is 0 Å². The number of carbonyl (C=O) groups excluding carboxylic acids is 1. The van der Waals surface area contributed by atoms with Crippen molar-refractivity contribution in [2.75, 3.05) is 6.54 Å². The lowest BCUT2D eigenvalue weighted by molar-refractivity contribution is 0.0950. The summed E-state index contributed by atoms with van der Waals surface area (Å²) in [6.07, 6.45) is 4.47. The molecule has 0 saturated heterocycles. The van der Waals surface area contributed by atoms with Crippen LogP contribution >= 0.6 is 0 Å². The fourth-order valence-corrected chi connectivity index (χ4v) is 2.41. The molecule has 1 amide bonds. The summed E-state index contributed by atoms with van der Waals surface area (Å²) in [4.78, 5) is 16.2. The second kappa shape index (κ2) is 5.84. The van der Waals surface area contributed by atoms with Crippen molar-refractivity contribution in [3.63, 3.8) is 0 Å². The molecule has 20 heavy (non-hydrogen) atoms. The van der Waals surface area contributed by atoms with Crippen LogP contribution < -0.4 is 10.6 Å². The zero-order valence-corrected chi connectivity index (χ0v) is 11.2. The normalized spacial score (nSPS) is 13.6. The van der Waals surface area contributed by atoms with Gasteiger partial charge in [-0.2, -0.15) is 0 Å². The quantitative estimate of drug-likeness (QED) is 0.889. The van der Waals surface area contributed by atoms with Gasteiger partial charge in [0.15, 0.2) is 0 Å². The predicted molar refractivity (Wildman–Crippen MR) is 77.3 cm³/mol. The van der Waals surface area contributed by atoms with E-state index in [1.54, 1.807) is 12.4 Å². The molecule has 2 aromatic rings. The van der Waals surface area contributed by atoms with Crippen LogP contribution in [-0.4, -0.2) is 17.4 Å². The average Bonchev–Trinajstić information content (AvgIpc) is 2.53. The topological polar surface area (TPSA) is 54.0 Å². The van der Waals surface area contributed by atoms with Crippen LogP contribution in [0.2, 0.25) is 0 Å². The minimum absolute atomic E-state index is 0.0322. The standard InChI is InChI=1S/C16H17N3O/c20-16(19-10-12-2-1-6-17-9-12)14-3-4-15-11-18-7-5-13(15)8-14/h1-4,6,8-9,18H,5,7,10-11H2,(H,19,20). The van der Waals surface area contributed by atoms with Crippen LogP contribution in [0.1, 0.15) is 27.0 Å². The van der Waals surface area contributed by atoms with Crippen LogP contribution in [0, 0.1) is 0 Å². The smallest absolute Gasteiger partial charge is 0.251 e. The van der Waals surface area contributed by atoms with E-state index in [2.05, 4.69) is 15.6 Å². The van der Waals surface area contributed by atoms with Crippen molar-refractivity contribution in [1.29, 1.82) is 0 Å². The van der Waals surface area contributed by atoms with Gasteiger partial charge in [-0.05, 0) is 47.9 Å². The van der Waals surface area contributed by atoms with Crippen LogP contribution in [0.4, 0.5) is 0 Å². The maximum absolute atomic E-state index is 12.2. The van der Waals surface area contributed by atoms with E-state index >= 15 is 0 Å². The third-order valence-electron chi connectivity index (χ3n) is 3.53. The molecule has 1 aliphatic rings. The van der Waals surface area contributed by atoms with E-state index in [1.807, 2.05) is 30.3 Å². The number of benzene rings is 1. The number of nitrogens with zero attached hydrogens (tertiary/aromatic N) is 1. The number of carbonyl (C=O) groups is 1. The molecule has 1 aromatic heterocycles. The van der Waals surface area contributed by atoms with Gasteiger partial charge in [0.05, 0.1) is 0 Å². The number of aromatic nitrogens is 1. The van der Waals surface area contributed by atoms with Crippen LogP contribution in [0.3, 0.4) is 0 Å². The lowest BCUT2D eigenvalue weighted by Gasteiger charge is -2.17. The first-order valence-electron chi connectivity index (χ1n) is 6.82. The van der Waals surface area contributed by atoms with Gasteiger partial charge in [0.25, 0.3) is 5.91 Å². The van der Waals surface area contributed by atoms with Crippen molar-refractivity contribution >= 4 is 5.91 Å². The Bertz CT molecular complexity index is 610. The van der Waals surface area contributed by atoms with Gasteiger partial charge in [0, 0.05) is 31.0 Å². The highest BCUT2D eigenvalue weighted by Gasteiger charge is 2.12. The van der Waals surface area contributed by atoms with Gasteiger partial charge in [0.1, 0.15) is 0 Å². The minimum atomic E-state index is -0.0322. The number of fused-ring (bicyclic) bond motifs is 1. The summed E-state index contributed by atoms with van der Waals surface area (Å²) in [5.41, 5.74) is 4.30. The molecule has 102 valence electrons. The van der Waals surface area contributed by atoms with E-state index in [-0.39, 0.29) is 5.91 Å². The molecule has 0 spiro atoms. The number of hydrogen-bond acceptors (Lipinski definition) is 3. The molecule has 4 heteroatoms. The summed E-state index contributed by atoms with van der Waals surface area (Å²) in [7, 11) is 0. The third kappa shape index (κ3) is 2.86. The Labute approximate surface area is 118 Å². The summed E-state index contributed by atoms with van der Waals surface area (Å²) in [5.74, 6) is -0.0322. The number of pyridine rings is 1. The van der Waals surface area contributed by atoms with Crippen molar-refractivity contribution in [1.82, 2.24) is 15.6 Å². The van der Waals surface area contributed by atoms with Gasteiger partial charge in [-0.3, -0.25) is 9.78 Å². The van der Waals surface area contributed by atoms with Crippen molar-refractivity contribution in [2.24, 2.45) is 0 Å². The Kier molecular flexibility index (Phi) is 3.74. The van der Waals surface area contributed by atoms with E-state index in [0.29, 0.717) is 6.54 Å². The number of rotatable bonds is 3. The van der Waals surface area contributed by atoms with Crippen molar-refractivity contribution < 1.29 is 4.79 Å². The van der Waals surface area contributed by atoms with Crippen LogP contribution in [-0.2, 0) is 19.5 Å². The Hall–Kier alpha value is -2.20. The van der Waals surface area contributed by atoms with Gasteiger partial charge >= 0.3 is 0 Å². The molecular weight excluding hydrogens is 250 g/mol. The SMILES string of the molecule is O=C(NCc1cccnc1)c1ccc2c(c1)CCNC2. The molecule has 2 N–H and O–H groups in total. The first-order chi connectivity index (χ1) is 9.83. The Balaban J connectivity index is 1.68. The van der Waals surface area contributed by atoms with Crippen molar-refractivity contribution in [3.8, 4) is 0 Å². The van der Waals surface area contributed by atoms with E-state index in [0.717, 1.165) is 30.6 Å². The summed E-state index contributed by atoms with van der Waals surface area (Å²) in [6.45, 7) is 2.38. The lowest BCUT2D eigenvalue weighted by Crippen LogP contribution is -2.26. The first kappa shape index (κ1) is 12.8. The molecule has 0 fully saturated rings. The molecular formula is C16H17N3O. The molecule has 4 nitrogen and oxygen atoms in total. The molecule has 1 aliphatic heterocycles. The fourth-order valence-electron chi connectivity index (χ4n) is 2.41. The Morgan fingerprint density at radius 1 is 1.30 bits per heavy atom.